The minimum absolute atomic E-state index is 0. The lowest BCUT2D eigenvalue weighted by atomic mass is 10.2. The Hall–Kier alpha value is -1.63. The molecule has 0 radical (unpaired) electrons. The molecular weight excluding hydrogens is 316 g/mol. The van der Waals surface area contributed by atoms with Gasteiger partial charge in [-0.15, -0.1) is 12.4 Å². The molecule has 0 unspecified atom stereocenters. The SMILES string of the molecule is C[C@@H]1CNCCN1CC(=O)Nc1ccc(C(=O)N(C)C)cc1.Cl. The maximum absolute atomic E-state index is 12.1. The van der Waals surface area contributed by atoms with E-state index in [4.69, 9.17) is 0 Å². The number of hydrogen-bond acceptors (Lipinski definition) is 4. The van der Waals surface area contributed by atoms with Crippen molar-refractivity contribution < 1.29 is 9.59 Å². The van der Waals surface area contributed by atoms with Gasteiger partial charge in [-0.2, -0.15) is 0 Å². The number of halogens is 1. The largest absolute Gasteiger partial charge is 0.345 e. The number of amides is 2. The molecule has 1 aliphatic heterocycles. The molecule has 0 aromatic heterocycles. The molecule has 23 heavy (non-hydrogen) atoms. The predicted octanol–water partition coefficient (Wildman–Crippen LogP) is 1.04. The van der Waals surface area contributed by atoms with Crippen molar-refractivity contribution in [2.75, 3.05) is 45.6 Å². The summed E-state index contributed by atoms with van der Waals surface area (Å²) in [5.41, 5.74) is 1.32. The van der Waals surface area contributed by atoms with Gasteiger partial charge in [-0.1, -0.05) is 0 Å². The minimum Gasteiger partial charge on any atom is -0.345 e. The van der Waals surface area contributed by atoms with Crippen LogP contribution < -0.4 is 10.6 Å². The zero-order valence-corrected chi connectivity index (χ0v) is 14.7. The number of piperazine rings is 1. The van der Waals surface area contributed by atoms with Crippen LogP contribution in [0.2, 0.25) is 0 Å². The van der Waals surface area contributed by atoms with Crippen LogP contribution in [0.3, 0.4) is 0 Å². The lowest BCUT2D eigenvalue weighted by Crippen LogP contribution is -2.51. The van der Waals surface area contributed by atoms with Gasteiger partial charge >= 0.3 is 0 Å². The second-order valence-corrected chi connectivity index (χ2v) is 5.85. The van der Waals surface area contributed by atoms with Gasteiger partial charge < -0.3 is 15.5 Å². The van der Waals surface area contributed by atoms with Crippen molar-refractivity contribution in [3.8, 4) is 0 Å². The summed E-state index contributed by atoms with van der Waals surface area (Å²) in [6, 6.07) is 7.34. The number of hydrogen-bond donors (Lipinski definition) is 2. The van der Waals surface area contributed by atoms with Gasteiger partial charge in [0.15, 0.2) is 0 Å². The van der Waals surface area contributed by atoms with Gasteiger partial charge in [0.1, 0.15) is 0 Å². The van der Waals surface area contributed by atoms with Gasteiger partial charge in [-0.05, 0) is 31.2 Å². The summed E-state index contributed by atoms with van der Waals surface area (Å²) in [6.07, 6.45) is 0. The smallest absolute Gasteiger partial charge is 0.253 e. The quantitative estimate of drug-likeness (QED) is 0.859. The number of benzene rings is 1. The number of nitrogens with zero attached hydrogens (tertiary/aromatic N) is 2. The molecular formula is C16H25ClN4O2. The Kier molecular flexibility index (Phi) is 7.48. The Morgan fingerprint density at radius 2 is 1.96 bits per heavy atom. The summed E-state index contributed by atoms with van der Waals surface area (Å²) in [5, 5.41) is 6.18. The van der Waals surface area contributed by atoms with Crippen LogP contribution in [0, 0.1) is 0 Å². The van der Waals surface area contributed by atoms with E-state index in [1.54, 1.807) is 38.4 Å². The molecule has 0 spiro atoms. The van der Waals surface area contributed by atoms with Crippen LogP contribution in [-0.2, 0) is 4.79 Å². The highest BCUT2D eigenvalue weighted by molar-refractivity contribution is 5.96. The van der Waals surface area contributed by atoms with E-state index in [1.807, 2.05) is 0 Å². The summed E-state index contributed by atoms with van der Waals surface area (Å²) in [5.74, 6) is -0.0760. The van der Waals surface area contributed by atoms with Gasteiger partial charge in [0.2, 0.25) is 5.91 Å². The van der Waals surface area contributed by atoms with Crippen molar-refractivity contribution in [2.24, 2.45) is 0 Å². The fourth-order valence-corrected chi connectivity index (χ4v) is 2.46. The summed E-state index contributed by atoms with van der Waals surface area (Å²) in [6.45, 7) is 5.21. The molecule has 2 amide bonds. The van der Waals surface area contributed by atoms with Crippen LogP contribution in [0.5, 0.6) is 0 Å². The second-order valence-electron chi connectivity index (χ2n) is 5.85. The Morgan fingerprint density at radius 3 is 2.52 bits per heavy atom. The van der Waals surface area contributed by atoms with E-state index in [0.717, 1.165) is 19.6 Å². The van der Waals surface area contributed by atoms with Gasteiger partial charge in [0.05, 0.1) is 6.54 Å². The molecule has 1 heterocycles. The van der Waals surface area contributed by atoms with Crippen molar-refractivity contribution in [3.05, 3.63) is 29.8 Å². The van der Waals surface area contributed by atoms with Crippen LogP contribution in [0.15, 0.2) is 24.3 Å². The van der Waals surface area contributed by atoms with Gasteiger partial charge in [-0.25, -0.2) is 0 Å². The summed E-state index contributed by atoms with van der Waals surface area (Å²) >= 11 is 0. The maximum Gasteiger partial charge on any atom is 0.253 e. The zero-order valence-electron chi connectivity index (χ0n) is 13.8. The second kappa shape index (κ2) is 8.86. The molecule has 1 aromatic rings. The molecule has 0 saturated carbocycles. The standard InChI is InChI=1S/C16H24N4O2.ClH/c1-12-10-17-8-9-20(12)11-15(21)18-14-6-4-13(5-7-14)16(22)19(2)3;/h4-7,12,17H,8-11H2,1-3H3,(H,18,21);1H/t12-;/m1./s1. The van der Waals surface area contributed by atoms with E-state index in [0.29, 0.717) is 23.8 Å². The number of nitrogens with one attached hydrogen (secondary N) is 2. The zero-order chi connectivity index (χ0) is 16.1. The highest BCUT2D eigenvalue weighted by Crippen LogP contribution is 2.11. The number of carbonyl (C=O) groups excluding carboxylic acids is 2. The molecule has 128 valence electrons. The van der Waals surface area contributed by atoms with Gasteiger partial charge in [0, 0.05) is 51.0 Å². The third-order valence-electron chi connectivity index (χ3n) is 3.81. The van der Waals surface area contributed by atoms with Crippen molar-refractivity contribution in [3.63, 3.8) is 0 Å². The van der Waals surface area contributed by atoms with E-state index >= 15 is 0 Å². The highest BCUT2D eigenvalue weighted by atomic mass is 35.5. The number of rotatable bonds is 4. The Morgan fingerprint density at radius 1 is 1.30 bits per heavy atom. The fraction of sp³-hybridized carbons (Fsp3) is 0.500. The van der Waals surface area contributed by atoms with E-state index in [1.165, 1.54) is 4.90 Å². The average molecular weight is 341 g/mol. The predicted molar refractivity (Wildman–Crippen MR) is 94.2 cm³/mol. The number of carbonyl (C=O) groups is 2. The van der Waals surface area contributed by atoms with E-state index < -0.39 is 0 Å². The third-order valence-corrected chi connectivity index (χ3v) is 3.81. The van der Waals surface area contributed by atoms with Crippen LogP contribution in [0.4, 0.5) is 5.69 Å². The third kappa shape index (κ3) is 5.49. The van der Waals surface area contributed by atoms with Crippen molar-refractivity contribution >= 4 is 29.9 Å². The fourth-order valence-electron chi connectivity index (χ4n) is 2.46. The molecule has 1 atom stereocenters. The van der Waals surface area contributed by atoms with E-state index in [9.17, 15) is 9.59 Å². The molecule has 7 heteroatoms. The van der Waals surface area contributed by atoms with Crippen molar-refractivity contribution in [1.29, 1.82) is 0 Å². The van der Waals surface area contributed by atoms with Crippen molar-refractivity contribution in [1.82, 2.24) is 15.1 Å². The minimum atomic E-state index is -0.0486. The number of anilines is 1. The molecule has 1 aromatic carbocycles. The summed E-state index contributed by atoms with van der Waals surface area (Å²) in [7, 11) is 3.43. The topological polar surface area (TPSA) is 64.7 Å². The lowest BCUT2D eigenvalue weighted by molar-refractivity contribution is -0.118. The van der Waals surface area contributed by atoms with Gasteiger partial charge in [0.25, 0.3) is 5.91 Å². The van der Waals surface area contributed by atoms with E-state index in [2.05, 4.69) is 22.5 Å². The highest BCUT2D eigenvalue weighted by Gasteiger charge is 2.20. The van der Waals surface area contributed by atoms with E-state index in [-0.39, 0.29) is 24.2 Å². The Balaban J connectivity index is 0.00000264. The maximum atomic E-state index is 12.1. The van der Waals surface area contributed by atoms with Gasteiger partial charge in [-0.3, -0.25) is 14.5 Å². The average Bonchev–Trinajstić information content (AvgIpc) is 2.49. The van der Waals surface area contributed by atoms with Crippen LogP contribution in [0.1, 0.15) is 17.3 Å². The van der Waals surface area contributed by atoms with Crippen LogP contribution >= 0.6 is 12.4 Å². The summed E-state index contributed by atoms with van der Waals surface area (Å²) < 4.78 is 0. The Bertz CT molecular complexity index is 533. The van der Waals surface area contributed by atoms with Crippen LogP contribution in [0.25, 0.3) is 0 Å². The van der Waals surface area contributed by atoms with Crippen LogP contribution in [-0.4, -0.2) is 67.9 Å². The first-order chi connectivity index (χ1) is 10.5. The lowest BCUT2D eigenvalue weighted by Gasteiger charge is -2.33. The molecule has 0 aliphatic carbocycles. The normalized spacial score (nSPS) is 18.0. The molecule has 6 nitrogen and oxygen atoms in total. The summed E-state index contributed by atoms with van der Waals surface area (Å²) in [4.78, 5) is 27.6. The molecule has 1 saturated heterocycles. The first-order valence-electron chi connectivity index (χ1n) is 7.53. The molecule has 2 N–H and O–H groups in total. The monoisotopic (exact) mass is 340 g/mol. The first-order valence-corrected chi connectivity index (χ1v) is 7.53. The van der Waals surface area contributed by atoms with Crippen molar-refractivity contribution in [2.45, 2.75) is 13.0 Å². The molecule has 0 bridgehead atoms. The molecule has 1 aliphatic rings. The molecule has 1 fully saturated rings. The molecule has 2 rings (SSSR count). The first kappa shape index (κ1) is 19.4. The Labute approximate surface area is 143 Å².